The van der Waals surface area contributed by atoms with Gasteiger partial charge in [-0.05, 0) is 38.0 Å². The SMILES string of the molecule is COCCNC(=O)c1ccc(OC2CCN([C@H](C)COC)CC2)c(Cl)c1. The van der Waals surface area contributed by atoms with E-state index in [1.54, 1.807) is 32.4 Å². The Morgan fingerprint density at radius 3 is 2.65 bits per heavy atom. The summed E-state index contributed by atoms with van der Waals surface area (Å²) in [5, 5.41) is 3.23. The van der Waals surface area contributed by atoms with Crippen LogP contribution >= 0.6 is 11.6 Å². The summed E-state index contributed by atoms with van der Waals surface area (Å²) in [5.41, 5.74) is 0.515. The predicted octanol–water partition coefficient (Wildman–Crippen LogP) is 2.59. The Labute approximate surface area is 160 Å². The van der Waals surface area contributed by atoms with Gasteiger partial charge in [0.25, 0.3) is 5.91 Å². The number of methoxy groups -OCH3 is 2. The van der Waals surface area contributed by atoms with Gasteiger partial charge in [-0.25, -0.2) is 0 Å². The largest absolute Gasteiger partial charge is 0.489 e. The van der Waals surface area contributed by atoms with Crippen LogP contribution in [-0.2, 0) is 9.47 Å². The number of nitrogens with zero attached hydrogens (tertiary/aromatic N) is 1. The molecule has 146 valence electrons. The summed E-state index contributed by atoms with van der Waals surface area (Å²) in [6.07, 6.45) is 2.03. The molecule has 0 bridgehead atoms. The number of likely N-dealkylation sites (tertiary alicyclic amines) is 1. The second kappa shape index (κ2) is 10.7. The fraction of sp³-hybridized carbons (Fsp3) is 0.632. The monoisotopic (exact) mass is 384 g/mol. The van der Waals surface area contributed by atoms with Gasteiger partial charge in [-0.3, -0.25) is 9.69 Å². The van der Waals surface area contributed by atoms with Crippen LogP contribution in [0.1, 0.15) is 30.1 Å². The number of ether oxygens (including phenoxy) is 3. The van der Waals surface area contributed by atoms with E-state index in [2.05, 4.69) is 17.1 Å². The number of carbonyl (C=O) groups excluding carboxylic acids is 1. The lowest BCUT2D eigenvalue weighted by atomic mass is 10.1. The highest BCUT2D eigenvalue weighted by molar-refractivity contribution is 6.32. The van der Waals surface area contributed by atoms with Gasteiger partial charge >= 0.3 is 0 Å². The van der Waals surface area contributed by atoms with E-state index in [-0.39, 0.29) is 12.0 Å². The average molecular weight is 385 g/mol. The quantitative estimate of drug-likeness (QED) is 0.663. The molecule has 1 fully saturated rings. The van der Waals surface area contributed by atoms with Gasteiger partial charge in [0.1, 0.15) is 11.9 Å². The molecule has 1 saturated heterocycles. The standard InChI is InChI=1S/C19H29ClN2O4/c1-14(13-25-3)22-9-6-16(7-10-22)26-18-5-4-15(12-17(18)20)19(23)21-8-11-24-2/h4-5,12,14,16H,6-11,13H2,1-3H3,(H,21,23)/t14-/m1/s1. The van der Waals surface area contributed by atoms with Crippen LogP contribution in [0.3, 0.4) is 0 Å². The van der Waals surface area contributed by atoms with Crippen LogP contribution in [0.4, 0.5) is 0 Å². The number of amides is 1. The van der Waals surface area contributed by atoms with Crippen molar-refractivity contribution in [2.45, 2.75) is 31.9 Å². The summed E-state index contributed by atoms with van der Waals surface area (Å²) in [7, 11) is 3.33. The maximum absolute atomic E-state index is 12.0. The van der Waals surface area contributed by atoms with E-state index >= 15 is 0 Å². The maximum Gasteiger partial charge on any atom is 0.251 e. The van der Waals surface area contributed by atoms with Crippen molar-refractivity contribution in [2.75, 3.05) is 47.1 Å². The van der Waals surface area contributed by atoms with Crippen LogP contribution in [0.2, 0.25) is 5.02 Å². The second-order valence-electron chi connectivity index (χ2n) is 6.55. The van der Waals surface area contributed by atoms with E-state index in [4.69, 9.17) is 25.8 Å². The molecule has 6 nitrogen and oxygen atoms in total. The van der Waals surface area contributed by atoms with Crippen molar-refractivity contribution in [2.24, 2.45) is 0 Å². The van der Waals surface area contributed by atoms with Crippen molar-refractivity contribution < 1.29 is 19.0 Å². The molecule has 26 heavy (non-hydrogen) atoms. The first-order chi connectivity index (χ1) is 12.5. The predicted molar refractivity (Wildman–Crippen MR) is 102 cm³/mol. The molecule has 1 heterocycles. The first-order valence-corrected chi connectivity index (χ1v) is 9.39. The zero-order chi connectivity index (χ0) is 18.9. The molecule has 0 aliphatic carbocycles. The van der Waals surface area contributed by atoms with Crippen molar-refractivity contribution in [1.82, 2.24) is 10.2 Å². The van der Waals surface area contributed by atoms with Crippen LogP contribution in [0.25, 0.3) is 0 Å². The van der Waals surface area contributed by atoms with Crippen LogP contribution in [-0.4, -0.2) is 70.0 Å². The van der Waals surface area contributed by atoms with Gasteiger partial charge < -0.3 is 19.5 Å². The molecule has 1 N–H and O–H groups in total. The number of nitrogens with one attached hydrogen (secondary N) is 1. The topological polar surface area (TPSA) is 60.0 Å². The number of piperidine rings is 1. The van der Waals surface area contributed by atoms with Crippen molar-refractivity contribution in [3.05, 3.63) is 28.8 Å². The summed E-state index contributed by atoms with van der Waals surface area (Å²) in [6.45, 7) is 5.82. The van der Waals surface area contributed by atoms with E-state index in [1.807, 2.05) is 0 Å². The highest BCUT2D eigenvalue weighted by Crippen LogP contribution is 2.28. The molecule has 1 amide bonds. The molecular weight excluding hydrogens is 356 g/mol. The lowest BCUT2D eigenvalue weighted by molar-refractivity contribution is 0.0475. The molecule has 0 unspecified atom stereocenters. The number of carbonyl (C=O) groups is 1. The van der Waals surface area contributed by atoms with E-state index in [0.29, 0.717) is 35.5 Å². The number of rotatable bonds is 9. The molecule has 1 atom stereocenters. The third-order valence-corrected chi connectivity index (χ3v) is 4.88. The summed E-state index contributed by atoms with van der Waals surface area (Å²) in [5.74, 6) is 0.458. The molecule has 0 aromatic heterocycles. The molecule has 7 heteroatoms. The Bertz CT molecular complexity index is 577. The molecule has 1 aliphatic rings. The number of hydrogen-bond acceptors (Lipinski definition) is 5. The molecule has 0 radical (unpaired) electrons. The van der Waals surface area contributed by atoms with Crippen molar-refractivity contribution in [3.63, 3.8) is 0 Å². The zero-order valence-corrected chi connectivity index (χ0v) is 16.6. The molecule has 0 spiro atoms. The lowest BCUT2D eigenvalue weighted by Crippen LogP contribution is -2.44. The van der Waals surface area contributed by atoms with E-state index in [1.165, 1.54) is 0 Å². The van der Waals surface area contributed by atoms with Gasteiger partial charge in [0.15, 0.2) is 0 Å². The van der Waals surface area contributed by atoms with Crippen LogP contribution < -0.4 is 10.1 Å². The van der Waals surface area contributed by atoms with Gasteiger partial charge in [-0.2, -0.15) is 0 Å². The van der Waals surface area contributed by atoms with Gasteiger partial charge in [0.2, 0.25) is 0 Å². The third-order valence-electron chi connectivity index (χ3n) is 4.59. The van der Waals surface area contributed by atoms with Crippen molar-refractivity contribution >= 4 is 17.5 Å². The fourth-order valence-electron chi connectivity index (χ4n) is 3.07. The van der Waals surface area contributed by atoms with Crippen LogP contribution in [0.15, 0.2) is 18.2 Å². The average Bonchev–Trinajstić information content (AvgIpc) is 2.64. The smallest absolute Gasteiger partial charge is 0.251 e. The number of benzene rings is 1. The number of halogens is 1. The Kier molecular flexibility index (Phi) is 8.65. The van der Waals surface area contributed by atoms with Crippen molar-refractivity contribution in [1.29, 1.82) is 0 Å². The van der Waals surface area contributed by atoms with E-state index in [0.717, 1.165) is 32.5 Å². The number of hydrogen-bond donors (Lipinski definition) is 1. The van der Waals surface area contributed by atoms with Crippen LogP contribution in [0, 0.1) is 0 Å². The summed E-state index contributed by atoms with van der Waals surface area (Å²) < 4.78 is 16.2. The summed E-state index contributed by atoms with van der Waals surface area (Å²) in [4.78, 5) is 14.5. The highest BCUT2D eigenvalue weighted by atomic mass is 35.5. The molecule has 1 aromatic rings. The third kappa shape index (κ3) is 6.13. The minimum Gasteiger partial charge on any atom is -0.489 e. The van der Waals surface area contributed by atoms with Gasteiger partial charge in [0, 0.05) is 45.5 Å². The normalized spacial score (nSPS) is 17.1. The first-order valence-electron chi connectivity index (χ1n) is 9.01. The Hall–Kier alpha value is -1.34. The lowest BCUT2D eigenvalue weighted by Gasteiger charge is -2.35. The second-order valence-corrected chi connectivity index (χ2v) is 6.96. The van der Waals surface area contributed by atoms with Gasteiger partial charge in [-0.15, -0.1) is 0 Å². The Morgan fingerprint density at radius 2 is 2.04 bits per heavy atom. The molecule has 1 aliphatic heterocycles. The van der Waals surface area contributed by atoms with Crippen LogP contribution in [0.5, 0.6) is 5.75 Å². The van der Waals surface area contributed by atoms with Gasteiger partial charge in [-0.1, -0.05) is 11.6 Å². The fourth-order valence-corrected chi connectivity index (χ4v) is 3.29. The molecule has 2 rings (SSSR count). The minimum atomic E-state index is -0.170. The molecule has 1 aromatic carbocycles. The summed E-state index contributed by atoms with van der Waals surface area (Å²) in [6, 6.07) is 5.57. The first kappa shape index (κ1) is 21.0. The zero-order valence-electron chi connectivity index (χ0n) is 15.8. The van der Waals surface area contributed by atoms with E-state index in [9.17, 15) is 4.79 Å². The Balaban J connectivity index is 1.86. The molecule has 0 saturated carbocycles. The highest BCUT2D eigenvalue weighted by Gasteiger charge is 2.24. The van der Waals surface area contributed by atoms with Crippen molar-refractivity contribution in [3.8, 4) is 5.75 Å². The summed E-state index contributed by atoms with van der Waals surface area (Å²) >= 11 is 6.32. The maximum atomic E-state index is 12.0. The Morgan fingerprint density at radius 1 is 1.31 bits per heavy atom. The minimum absolute atomic E-state index is 0.139. The van der Waals surface area contributed by atoms with E-state index < -0.39 is 0 Å². The molecular formula is C19H29ClN2O4. The van der Waals surface area contributed by atoms with Gasteiger partial charge in [0.05, 0.1) is 18.2 Å².